The first-order chi connectivity index (χ1) is 5.86. The molecule has 1 aromatic rings. The van der Waals surface area contributed by atoms with Crippen molar-refractivity contribution in [3.8, 4) is 0 Å². The minimum Gasteiger partial charge on any atom is -0.346 e. The van der Waals surface area contributed by atoms with E-state index in [1.165, 1.54) is 0 Å². The van der Waals surface area contributed by atoms with E-state index < -0.39 is 0 Å². The van der Waals surface area contributed by atoms with Gasteiger partial charge >= 0.3 is 0 Å². The van der Waals surface area contributed by atoms with E-state index in [1.807, 2.05) is 6.07 Å². The highest BCUT2D eigenvalue weighted by atomic mass is 16.7. The lowest BCUT2D eigenvalue weighted by Gasteiger charge is -2.07. The third-order valence-corrected chi connectivity index (χ3v) is 1.70. The normalized spacial score (nSPS) is 18.3. The van der Waals surface area contributed by atoms with Gasteiger partial charge in [-0.2, -0.15) is 0 Å². The van der Waals surface area contributed by atoms with Crippen molar-refractivity contribution in [1.82, 2.24) is 4.98 Å². The molecule has 1 saturated heterocycles. The number of hydrogen-bond donors (Lipinski definition) is 0. The molecule has 0 amide bonds. The largest absolute Gasteiger partial charge is 0.346 e. The van der Waals surface area contributed by atoms with Gasteiger partial charge in [0.1, 0.15) is 7.85 Å². The number of aromatic nitrogens is 1. The lowest BCUT2D eigenvalue weighted by molar-refractivity contribution is -0.0443. The van der Waals surface area contributed by atoms with Gasteiger partial charge < -0.3 is 9.47 Å². The summed E-state index contributed by atoms with van der Waals surface area (Å²) in [7, 11) is 5.43. The molecule has 2 heterocycles. The number of pyridine rings is 1. The summed E-state index contributed by atoms with van der Waals surface area (Å²) in [6, 6.07) is 3.60. The van der Waals surface area contributed by atoms with Crippen LogP contribution in [0.3, 0.4) is 0 Å². The molecule has 1 aromatic heterocycles. The average molecular weight is 161 g/mol. The fourth-order valence-electron chi connectivity index (χ4n) is 1.11. The fraction of sp³-hybridized carbons (Fsp3) is 0.375. The van der Waals surface area contributed by atoms with Gasteiger partial charge in [-0.1, -0.05) is 12.1 Å². The van der Waals surface area contributed by atoms with Crippen LogP contribution in [0.25, 0.3) is 0 Å². The average Bonchev–Trinajstić information content (AvgIpc) is 2.58. The molecular weight excluding hydrogens is 153 g/mol. The van der Waals surface area contributed by atoms with Crippen LogP contribution in [0.1, 0.15) is 11.9 Å². The zero-order chi connectivity index (χ0) is 8.39. The van der Waals surface area contributed by atoms with Crippen molar-refractivity contribution < 1.29 is 9.47 Å². The smallest absolute Gasteiger partial charge is 0.185 e. The second-order valence-electron chi connectivity index (χ2n) is 2.59. The SMILES string of the molecule is [B]c1ccc(C2OCCO2)cn1. The van der Waals surface area contributed by atoms with Gasteiger partial charge in [0, 0.05) is 11.8 Å². The first-order valence-corrected chi connectivity index (χ1v) is 3.81. The molecule has 2 rings (SSSR count). The van der Waals surface area contributed by atoms with Crippen LogP contribution in [0.5, 0.6) is 0 Å². The molecule has 1 aliphatic rings. The highest BCUT2D eigenvalue weighted by molar-refractivity contribution is 6.30. The lowest BCUT2D eigenvalue weighted by Crippen LogP contribution is -2.09. The quantitative estimate of drug-likeness (QED) is 0.539. The Labute approximate surface area is 72.1 Å². The standard InChI is InChI=1S/C8H8BNO2/c9-7-2-1-6(5-10-7)8-11-3-4-12-8/h1-2,5,8H,3-4H2. The van der Waals surface area contributed by atoms with Gasteiger partial charge in [-0.05, 0) is 5.59 Å². The van der Waals surface area contributed by atoms with Gasteiger partial charge in [-0.15, -0.1) is 0 Å². The summed E-state index contributed by atoms with van der Waals surface area (Å²) >= 11 is 0. The highest BCUT2D eigenvalue weighted by Crippen LogP contribution is 2.21. The Bertz CT molecular complexity index is 256. The zero-order valence-electron chi connectivity index (χ0n) is 6.56. The summed E-state index contributed by atoms with van der Waals surface area (Å²) < 4.78 is 10.6. The minimum atomic E-state index is -0.252. The molecule has 0 spiro atoms. The summed E-state index contributed by atoms with van der Waals surface area (Å²) in [6.45, 7) is 1.30. The van der Waals surface area contributed by atoms with E-state index in [0.29, 0.717) is 18.8 Å². The van der Waals surface area contributed by atoms with Crippen LogP contribution in [-0.2, 0) is 9.47 Å². The van der Waals surface area contributed by atoms with Gasteiger partial charge in [0.2, 0.25) is 0 Å². The van der Waals surface area contributed by atoms with Crippen LogP contribution in [0, 0.1) is 0 Å². The molecule has 0 aliphatic carbocycles. The molecule has 0 bridgehead atoms. The molecule has 0 unspecified atom stereocenters. The molecular formula is C8H8BNO2. The van der Waals surface area contributed by atoms with Crippen molar-refractivity contribution in [2.45, 2.75) is 6.29 Å². The summed E-state index contributed by atoms with van der Waals surface area (Å²) in [5, 5.41) is 0. The van der Waals surface area contributed by atoms with Gasteiger partial charge in [0.25, 0.3) is 0 Å². The van der Waals surface area contributed by atoms with Crippen molar-refractivity contribution >= 4 is 13.4 Å². The monoisotopic (exact) mass is 161 g/mol. The molecule has 60 valence electrons. The summed E-state index contributed by atoms with van der Waals surface area (Å²) in [6.07, 6.45) is 1.42. The van der Waals surface area contributed by atoms with Crippen LogP contribution in [0.15, 0.2) is 18.3 Å². The Morgan fingerprint density at radius 2 is 2.08 bits per heavy atom. The number of rotatable bonds is 1. The molecule has 12 heavy (non-hydrogen) atoms. The molecule has 1 aliphatic heterocycles. The summed E-state index contributed by atoms with van der Waals surface area (Å²) in [4.78, 5) is 3.94. The highest BCUT2D eigenvalue weighted by Gasteiger charge is 2.17. The summed E-state index contributed by atoms with van der Waals surface area (Å²) in [5.74, 6) is 0. The topological polar surface area (TPSA) is 31.4 Å². The van der Waals surface area contributed by atoms with Crippen molar-refractivity contribution in [3.63, 3.8) is 0 Å². The molecule has 4 heteroatoms. The van der Waals surface area contributed by atoms with Gasteiger partial charge in [0.15, 0.2) is 6.29 Å². The predicted molar refractivity (Wildman–Crippen MR) is 44.3 cm³/mol. The van der Waals surface area contributed by atoms with Gasteiger partial charge in [-0.3, -0.25) is 4.98 Å². The molecule has 0 atom stereocenters. The van der Waals surface area contributed by atoms with E-state index in [4.69, 9.17) is 17.3 Å². The first-order valence-electron chi connectivity index (χ1n) is 3.81. The third-order valence-electron chi connectivity index (χ3n) is 1.70. The molecule has 0 saturated carbocycles. The van der Waals surface area contributed by atoms with Crippen molar-refractivity contribution in [1.29, 1.82) is 0 Å². The van der Waals surface area contributed by atoms with Crippen molar-refractivity contribution in [2.75, 3.05) is 13.2 Å². The number of hydrogen-bond acceptors (Lipinski definition) is 3. The Morgan fingerprint density at radius 1 is 1.33 bits per heavy atom. The Hall–Kier alpha value is -0.865. The first kappa shape index (κ1) is 7.77. The summed E-state index contributed by atoms with van der Waals surface area (Å²) in [5.41, 5.74) is 1.43. The Kier molecular flexibility index (Phi) is 2.10. The van der Waals surface area contributed by atoms with Crippen molar-refractivity contribution in [3.05, 3.63) is 23.9 Å². The van der Waals surface area contributed by atoms with E-state index in [2.05, 4.69) is 4.98 Å². The number of ether oxygens (including phenoxy) is 2. The third kappa shape index (κ3) is 1.49. The molecule has 2 radical (unpaired) electrons. The van der Waals surface area contributed by atoms with E-state index in [1.54, 1.807) is 12.3 Å². The minimum absolute atomic E-state index is 0.252. The van der Waals surface area contributed by atoms with E-state index >= 15 is 0 Å². The second kappa shape index (κ2) is 3.25. The Morgan fingerprint density at radius 3 is 2.67 bits per heavy atom. The number of nitrogens with zero attached hydrogens (tertiary/aromatic N) is 1. The lowest BCUT2D eigenvalue weighted by atomic mass is 10.0. The molecule has 1 fully saturated rings. The zero-order valence-corrected chi connectivity index (χ0v) is 6.56. The maximum absolute atomic E-state index is 5.43. The van der Waals surface area contributed by atoms with E-state index in [9.17, 15) is 0 Å². The predicted octanol–water partition coefficient (Wildman–Crippen LogP) is -0.0792. The van der Waals surface area contributed by atoms with E-state index in [-0.39, 0.29) is 6.29 Å². The van der Waals surface area contributed by atoms with Crippen LogP contribution in [-0.4, -0.2) is 26.0 Å². The molecule has 0 aromatic carbocycles. The van der Waals surface area contributed by atoms with Crippen LogP contribution >= 0.6 is 0 Å². The van der Waals surface area contributed by atoms with Crippen molar-refractivity contribution in [2.24, 2.45) is 0 Å². The Balaban J connectivity index is 2.17. The van der Waals surface area contributed by atoms with Crippen LogP contribution in [0.4, 0.5) is 0 Å². The van der Waals surface area contributed by atoms with Gasteiger partial charge in [0.05, 0.1) is 13.2 Å². The molecule has 0 N–H and O–H groups in total. The fourth-order valence-corrected chi connectivity index (χ4v) is 1.11. The van der Waals surface area contributed by atoms with Crippen LogP contribution < -0.4 is 5.59 Å². The molecule has 3 nitrogen and oxygen atoms in total. The maximum Gasteiger partial charge on any atom is 0.185 e. The second-order valence-corrected chi connectivity index (χ2v) is 2.59. The van der Waals surface area contributed by atoms with Gasteiger partial charge in [-0.25, -0.2) is 0 Å². The van der Waals surface area contributed by atoms with E-state index in [0.717, 1.165) is 5.56 Å². The maximum atomic E-state index is 5.43. The van der Waals surface area contributed by atoms with Crippen LogP contribution in [0.2, 0.25) is 0 Å².